The lowest BCUT2D eigenvalue weighted by molar-refractivity contribution is -0.135. The van der Waals surface area contributed by atoms with Gasteiger partial charge in [-0.1, -0.05) is 46.9 Å². The average Bonchev–Trinajstić information content (AvgIpc) is 1.61. The molecule has 11 heterocycles. The van der Waals surface area contributed by atoms with E-state index in [9.17, 15) is 24.0 Å². The van der Waals surface area contributed by atoms with E-state index in [0.717, 1.165) is 227 Å². The lowest BCUT2D eigenvalue weighted by Gasteiger charge is -2.47. The van der Waals surface area contributed by atoms with Crippen LogP contribution in [0.5, 0.6) is 0 Å². The van der Waals surface area contributed by atoms with Crippen molar-refractivity contribution >= 4 is 128 Å². The highest BCUT2D eigenvalue weighted by Crippen LogP contribution is 2.47. The van der Waals surface area contributed by atoms with E-state index in [1.165, 1.54) is 92.8 Å². The molecule has 8 aliphatic heterocycles. The van der Waals surface area contributed by atoms with Gasteiger partial charge in [-0.15, -0.1) is 0 Å². The van der Waals surface area contributed by atoms with Crippen LogP contribution in [0.2, 0.25) is 15.1 Å². The van der Waals surface area contributed by atoms with Crippen molar-refractivity contribution in [3.8, 4) is 0 Å². The molecule has 664 valence electrons. The van der Waals surface area contributed by atoms with Gasteiger partial charge in [0.1, 0.15) is 5.60 Å². The lowest BCUT2D eigenvalue weighted by atomic mass is 9.78. The molecule has 21 nitrogen and oxygen atoms in total. The van der Waals surface area contributed by atoms with Crippen molar-refractivity contribution in [1.29, 1.82) is 0 Å². The van der Waals surface area contributed by atoms with E-state index in [-0.39, 0.29) is 48.2 Å². The van der Waals surface area contributed by atoms with Gasteiger partial charge < -0.3 is 45.4 Å². The topological polar surface area (TPSA) is 224 Å². The van der Waals surface area contributed by atoms with Crippen LogP contribution < -0.4 is 11.5 Å². The summed E-state index contributed by atoms with van der Waals surface area (Å²) in [5, 5.41) is 2.37. The minimum atomic E-state index is -0.502. The number of benzene rings is 3. The maximum atomic E-state index is 13.1. The van der Waals surface area contributed by atoms with E-state index in [0.29, 0.717) is 93.7 Å². The number of primary amides is 2. The van der Waals surface area contributed by atoms with Gasteiger partial charge in [0.25, 0.3) is 0 Å². The highest BCUT2D eigenvalue weighted by molar-refractivity contribution is 9.11. The molecule has 7 amide bonds. The zero-order chi connectivity index (χ0) is 86.3. The fraction of sp³-hybridized carbons (Fsp3) is 0.600. The number of nitrogens with two attached hydrogens (primary N) is 2. The molecular weight excluding hydrogens is 1880 g/mol. The van der Waals surface area contributed by atoms with Crippen LogP contribution in [0.15, 0.2) is 103 Å². The number of carbonyl (C=O) groups excluding carboxylic acids is 5. The Labute approximate surface area is 776 Å². The van der Waals surface area contributed by atoms with Gasteiger partial charge >= 0.3 is 18.2 Å². The zero-order valence-corrected chi connectivity index (χ0v) is 80.6. The van der Waals surface area contributed by atoms with E-state index in [1.807, 2.05) is 56.4 Å². The maximum Gasteiger partial charge on any atom is 0.410 e. The van der Waals surface area contributed by atoms with Crippen molar-refractivity contribution in [2.45, 2.75) is 204 Å². The molecule has 3 aliphatic carbocycles. The van der Waals surface area contributed by atoms with Crippen LogP contribution in [0, 0.1) is 35.5 Å². The number of piperazine rings is 1. The number of hydrogen-bond donors (Lipinski definition) is 2. The van der Waals surface area contributed by atoms with Gasteiger partial charge in [-0.2, -0.15) is 0 Å². The summed E-state index contributed by atoms with van der Waals surface area (Å²) < 4.78 is 15.2. The Morgan fingerprint density at radius 1 is 0.431 bits per heavy atom. The van der Waals surface area contributed by atoms with Crippen molar-refractivity contribution in [3.05, 3.63) is 185 Å². The normalized spacial score (nSPS) is 23.0. The lowest BCUT2D eigenvalue weighted by Crippen LogP contribution is -2.59. The largest absolute Gasteiger partial charge is 0.444 e. The monoisotopic (exact) mass is 1990 g/mol. The molecule has 3 aromatic heterocycles. The van der Waals surface area contributed by atoms with E-state index >= 15 is 0 Å². The van der Waals surface area contributed by atoms with Crippen LogP contribution in [-0.2, 0) is 57.6 Å². The van der Waals surface area contributed by atoms with Crippen LogP contribution in [0.1, 0.15) is 215 Å². The zero-order valence-electron chi connectivity index (χ0n) is 71.9. The third-order valence-corrected chi connectivity index (χ3v) is 31.9. The summed E-state index contributed by atoms with van der Waals surface area (Å²) in [6, 6.07) is 24.2. The fourth-order valence-corrected chi connectivity index (χ4v) is 24.2. The van der Waals surface area contributed by atoms with Crippen LogP contribution >= 0.6 is 98.5 Å². The second kappa shape index (κ2) is 41.9. The second-order valence-corrected chi connectivity index (χ2v) is 42.3. The maximum absolute atomic E-state index is 13.1. The number of amides is 7. The molecule has 11 aliphatic rings. The molecule has 0 radical (unpaired) electrons. The van der Waals surface area contributed by atoms with E-state index in [2.05, 4.69) is 148 Å². The van der Waals surface area contributed by atoms with Crippen molar-refractivity contribution < 1.29 is 33.4 Å². The molecule has 0 bridgehead atoms. The predicted molar refractivity (Wildman–Crippen MR) is 499 cm³/mol. The molecule has 123 heavy (non-hydrogen) atoms. The van der Waals surface area contributed by atoms with Crippen LogP contribution in [-0.4, -0.2) is 232 Å². The average molecular weight is 2000 g/mol. The Bertz CT molecular complexity index is 4600. The van der Waals surface area contributed by atoms with E-state index < -0.39 is 5.60 Å². The quantitative estimate of drug-likeness (QED) is 0.110. The van der Waals surface area contributed by atoms with Crippen molar-refractivity contribution in [3.63, 3.8) is 0 Å². The number of halogens is 7. The molecule has 3 aromatic carbocycles. The molecular formula is C95H123Br4Cl3N14O7. The number of fused-ring (bicyclic) bond motifs is 6. The standard InChI is InChI=1S/C32H40Br2ClN5O2.C32H41BrClN5O2.C31H42BrClN4O3/c33-25-16-24-2-1-23-17-28(35)27(34)18-26(23)31(30(24)37-19-25)39-13-7-22(8-14-39)21-5-11-38(12-6-21)29(41)15-20-3-9-40(10-4-20)32(36)42;33-26-18-25-2-1-24-19-27(34)3-4-28(24)31(30(25)36-20-26)38-15-9-23(10-16-38)22-7-13-37(14-8-22)29(40)17-21-5-11-39(12-6-21)32(35)41;1-31(2,3)40-30(38)37-15-14-36(20-26(37)11-16-39-4)25-9-12-35(13-10-25)29-27-8-7-24(33)18-21(27)5-6-22-17-23(32)19-34-28(22)29/h16-22,31H,1-15H2,(H2,36,42);3-4,18-23,31H,1-2,5-17H2,(H2,35,41);7-8,17-19,25-26,29H,5-6,9-16,20H2,1-4H3. The SMILES string of the molecule is COCCC1CN(C2CCN(C3c4ccc(Cl)cc4CCc4cc(Br)cnc43)CC2)CCN1C(=O)OC(C)(C)C.NC(=O)N1CCC(CC(=O)N2CCC(C3CCN(C4c5cc(Br)c(Cl)cc5CCc5cc(Br)cnc54)CC3)CC2)CC1.NC(=O)N1CCC(CC(=O)N2CCC(C3CCN(C4c5ccc(Cl)cc5CCc5cc(Br)cnc54)CC3)CC2)CC1. The Hall–Kier alpha value is -5.55. The summed E-state index contributed by atoms with van der Waals surface area (Å²) in [5.74, 6) is 4.11. The number of piperidine rings is 7. The summed E-state index contributed by atoms with van der Waals surface area (Å²) in [7, 11) is 1.72. The molecule has 4 atom stereocenters. The second-order valence-electron chi connectivity index (χ2n) is 37.5. The summed E-state index contributed by atoms with van der Waals surface area (Å²) in [6.07, 6.45) is 28.3. The van der Waals surface area contributed by atoms with Gasteiger partial charge in [0.15, 0.2) is 0 Å². The Kier molecular flexibility index (Phi) is 31.4. The molecule has 0 spiro atoms. The third kappa shape index (κ3) is 22.8. The molecule has 4 unspecified atom stereocenters. The van der Waals surface area contributed by atoms with Crippen LogP contribution in [0.4, 0.5) is 14.4 Å². The van der Waals surface area contributed by atoms with E-state index in [1.54, 1.807) is 16.9 Å². The van der Waals surface area contributed by atoms with Crippen LogP contribution in [0.25, 0.3) is 0 Å². The van der Waals surface area contributed by atoms with Crippen molar-refractivity contribution in [1.82, 2.24) is 59.1 Å². The number of aryl methyl sites for hydroxylation is 6. The van der Waals surface area contributed by atoms with Gasteiger partial charge in [0.2, 0.25) is 11.8 Å². The first-order valence-corrected chi connectivity index (χ1v) is 49.6. The number of ether oxygens (including phenoxy) is 2. The number of urea groups is 2. The number of carbonyl (C=O) groups is 5. The molecule has 8 fully saturated rings. The number of aromatic nitrogens is 3. The summed E-state index contributed by atoms with van der Waals surface area (Å²) in [4.78, 5) is 96.8. The Morgan fingerprint density at radius 3 is 1.19 bits per heavy atom. The molecule has 4 N–H and O–H groups in total. The molecule has 8 saturated heterocycles. The number of nitrogens with zero attached hydrogens (tertiary/aromatic N) is 12. The minimum Gasteiger partial charge on any atom is -0.444 e. The first-order chi connectivity index (χ1) is 59.2. The number of hydrogen-bond acceptors (Lipinski definition) is 14. The van der Waals surface area contributed by atoms with Gasteiger partial charge in [-0.3, -0.25) is 44.1 Å². The molecule has 17 rings (SSSR count). The number of pyridine rings is 3. The van der Waals surface area contributed by atoms with Gasteiger partial charge in [0.05, 0.1) is 40.2 Å². The summed E-state index contributed by atoms with van der Waals surface area (Å²) in [6.45, 7) is 21.3. The molecule has 28 heteroatoms. The van der Waals surface area contributed by atoms with Gasteiger partial charge in [-0.25, -0.2) is 14.4 Å². The van der Waals surface area contributed by atoms with Gasteiger partial charge in [-0.05, 0) is 386 Å². The number of methoxy groups -OCH3 is 1. The number of rotatable bonds is 13. The van der Waals surface area contributed by atoms with Crippen LogP contribution in [0.3, 0.4) is 0 Å². The minimum absolute atomic E-state index is 0.0922. The van der Waals surface area contributed by atoms with Crippen molar-refractivity contribution in [2.24, 2.45) is 47.0 Å². The Morgan fingerprint density at radius 2 is 0.797 bits per heavy atom. The fourth-order valence-electron chi connectivity index (χ4n) is 22.2. The highest BCUT2D eigenvalue weighted by Gasteiger charge is 2.43. The first-order valence-electron chi connectivity index (χ1n) is 45.3. The molecule has 6 aromatic rings. The Balaban J connectivity index is 0.000000143. The highest BCUT2D eigenvalue weighted by atomic mass is 79.9. The summed E-state index contributed by atoms with van der Waals surface area (Å²) in [5.41, 5.74) is 25.8. The smallest absolute Gasteiger partial charge is 0.410 e. The predicted octanol–water partition coefficient (Wildman–Crippen LogP) is 18.5. The molecule has 0 saturated carbocycles. The third-order valence-electron chi connectivity index (χ3n) is 28.9. The van der Waals surface area contributed by atoms with Crippen molar-refractivity contribution in [2.75, 3.05) is 125 Å². The summed E-state index contributed by atoms with van der Waals surface area (Å²) >= 11 is 34.0. The number of likely N-dealkylation sites (tertiary alicyclic amines) is 7. The van der Waals surface area contributed by atoms with Gasteiger partial charge in [0, 0.05) is 170 Å². The van der Waals surface area contributed by atoms with E-state index in [4.69, 9.17) is 70.7 Å². The first kappa shape index (κ1) is 92.2.